The third kappa shape index (κ3) is 5.11. The third-order valence-electron chi connectivity index (χ3n) is 6.00. The van der Waals surface area contributed by atoms with Crippen molar-refractivity contribution in [3.05, 3.63) is 48.3 Å². The minimum absolute atomic E-state index is 0.0116. The van der Waals surface area contributed by atoms with Gasteiger partial charge in [-0.25, -0.2) is 13.3 Å². The van der Waals surface area contributed by atoms with Gasteiger partial charge in [0.25, 0.3) is 11.8 Å². The van der Waals surface area contributed by atoms with Crippen molar-refractivity contribution in [3.63, 3.8) is 0 Å². The molecule has 1 fully saturated rings. The van der Waals surface area contributed by atoms with Gasteiger partial charge in [0.2, 0.25) is 5.91 Å². The molecule has 1 aliphatic rings. The van der Waals surface area contributed by atoms with Crippen molar-refractivity contribution >= 4 is 39.4 Å². The number of anilines is 2. The Labute approximate surface area is 208 Å². The summed E-state index contributed by atoms with van der Waals surface area (Å²) in [7, 11) is 1.84. The summed E-state index contributed by atoms with van der Waals surface area (Å²) >= 11 is 1.43. The zero-order chi connectivity index (χ0) is 25.4. The van der Waals surface area contributed by atoms with Gasteiger partial charge < -0.3 is 10.6 Å². The maximum absolute atomic E-state index is 13.3. The highest BCUT2D eigenvalue weighted by Gasteiger charge is 2.34. The van der Waals surface area contributed by atoms with Crippen molar-refractivity contribution < 1.29 is 18.4 Å². The van der Waals surface area contributed by atoms with Crippen LogP contribution < -0.4 is 10.6 Å². The number of halogens is 2. The number of fused-ring (bicyclic) bond motifs is 1. The Morgan fingerprint density at radius 3 is 2.61 bits per heavy atom. The lowest BCUT2D eigenvalue weighted by atomic mass is 10.1. The first-order chi connectivity index (χ1) is 17.2. The molecule has 4 aromatic heterocycles. The van der Waals surface area contributed by atoms with Crippen LogP contribution in [0.1, 0.15) is 28.9 Å². The molecule has 0 saturated carbocycles. The summed E-state index contributed by atoms with van der Waals surface area (Å²) in [4.78, 5) is 33.1. The first kappa shape index (κ1) is 24.0. The maximum Gasteiger partial charge on any atom is 0.260 e. The molecule has 1 saturated heterocycles. The van der Waals surface area contributed by atoms with Crippen LogP contribution in [-0.4, -0.2) is 66.6 Å². The number of aromatic nitrogens is 5. The van der Waals surface area contributed by atoms with Gasteiger partial charge in [0, 0.05) is 50.9 Å². The van der Waals surface area contributed by atoms with Crippen LogP contribution in [0, 0.1) is 6.92 Å². The van der Waals surface area contributed by atoms with Gasteiger partial charge in [-0.15, -0.1) is 11.3 Å². The number of nitrogens with one attached hydrogen (secondary N) is 2. The number of thiazole rings is 1. The van der Waals surface area contributed by atoms with Crippen LogP contribution in [0.3, 0.4) is 0 Å². The van der Waals surface area contributed by atoms with Crippen LogP contribution in [0.4, 0.5) is 20.2 Å². The second-order valence-electron chi connectivity index (χ2n) is 8.80. The smallest absolute Gasteiger partial charge is 0.260 e. The second kappa shape index (κ2) is 9.39. The van der Waals surface area contributed by atoms with Crippen molar-refractivity contribution in [1.29, 1.82) is 0 Å². The molecule has 5 rings (SSSR count). The van der Waals surface area contributed by atoms with Gasteiger partial charge in [0.1, 0.15) is 4.83 Å². The quantitative estimate of drug-likeness (QED) is 0.408. The summed E-state index contributed by atoms with van der Waals surface area (Å²) < 4.78 is 30.0. The zero-order valence-corrected chi connectivity index (χ0v) is 20.5. The van der Waals surface area contributed by atoms with E-state index in [9.17, 15) is 18.4 Å². The Morgan fingerprint density at radius 2 is 1.89 bits per heavy atom. The molecule has 2 N–H and O–H groups in total. The largest absolute Gasteiger partial charge is 0.324 e. The van der Waals surface area contributed by atoms with Crippen LogP contribution in [0.2, 0.25) is 0 Å². The van der Waals surface area contributed by atoms with E-state index in [1.54, 1.807) is 33.3 Å². The Hall–Kier alpha value is -3.71. The molecule has 0 unspecified atom stereocenters. The molecule has 10 nitrogen and oxygen atoms in total. The number of alkyl halides is 2. The first-order valence-electron chi connectivity index (χ1n) is 11.3. The van der Waals surface area contributed by atoms with Gasteiger partial charge in [-0.3, -0.25) is 24.2 Å². The summed E-state index contributed by atoms with van der Waals surface area (Å²) in [6, 6.07) is 1.62. The minimum atomic E-state index is -2.66. The van der Waals surface area contributed by atoms with E-state index < -0.39 is 5.92 Å². The fourth-order valence-electron chi connectivity index (χ4n) is 3.98. The molecule has 36 heavy (non-hydrogen) atoms. The highest BCUT2D eigenvalue weighted by atomic mass is 32.1. The molecule has 2 amide bonds. The van der Waals surface area contributed by atoms with Gasteiger partial charge in [-0.1, -0.05) is 0 Å². The average molecular weight is 515 g/mol. The molecule has 0 aromatic carbocycles. The van der Waals surface area contributed by atoms with Gasteiger partial charge in [0.15, 0.2) is 0 Å². The average Bonchev–Trinajstić information content (AvgIpc) is 3.53. The molecule has 4 aromatic rings. The number of amides is 2. The Kier molecular flexibility index (Phi) is 6.26. The van der Waals surface area contributed by atoms with Crippen LogP contribution in [0.25, 0.3) is 15.3 Å². The lowest BCUT2D eigenvalue weighted by Crippen LogP contribution is -2.43. The summed E-state index contributed by atoms with van der Waals surface area (Å²) in [5, 5.41) is 14.1. The number of rotatable bonds is 6. The second-order valence-corrected chi connectivity index (χ2v) is 9.83. The number of hydrogen-bond donors (Lipinski definition) is 2. The lowest BCUT2D eigenvalue weighted by molar-refractivity contribution is -0.119. The monoisotopic (exact) mass is 514 g/mol. The van der Waals surface area contributed by atoms with E-state index in [0.29, 0.717) is 27.5 Å². The van der Waals surface area contributed by atoms with E-state index in [2.05, 4.69) is 25.8 Å². The molecule has 188 valence electrons. The van der Waals surface area contributed by atoms with E-state index in [0.717, 1.165) is 10.4 Å². The Morgan fingerprint density at radius 1 is 1.11 bits per heavy atom. The van der Waals surface area contributed by atoms with Crippen LogP contribution >= 0.6 is 11.3 Å². The van der Waals surface area contributed by atoms with Crippen LogP contribution in [-0.2, 0) is 11.8 Å². The van der Waals surface area contributed by atoms with Gasteiger partial charge in [-0.05, 0) is 13.0 Å². The number of likely N-dealkylation sites (tertiary alicyclic amines) is 1. The SMILES string of the molecule is Cc1ncc(NC(=O)CN2CCC(F)(F)CC2)cc1NC(=O)c1cnn2cc(-c3cnn(C)c3)sc12. The molecule has 5 heterocycles. The molecule has 1 aliphatic heterocycles. The standard InChI is InChI=1S/C23H24F2N8O2S/c1-14-18(7-16(9-26-14)29-20(34)13-32-5-3-23(24,25)4-6-32)30-21(35)17-10-28-33-12-19(36-22(17)33)15-8-27-31(2)11-15/h7-12H,3-6,13H2,1-2H3,(H,29,34)(H,30,35). The van der Waals surface area contributed by atoms with Crippen molar-refractivity contribution in [2.24, 2.45) is 7.05 Å². The predicted molar refractivity (Wildman–Crippen MR) is 131 cm³/mol. The summed E-state index contributed by atoms with van der Waals surface area (Å²) in [5.74, 6) is -3.35. The number of hydrogen-bond acceptors (Lipinski definition) is 7. The normalized spacial score (nSPS) is 15.8. The van der Waals surface area contributed by atoms with Crippen molar-refractivity contribution in [2.45, 2.75) is 25.7 Å². The van der Waals surface area contributed by atoms with Gasteiger partial charge >= 0.3 is 0 Å². The molecular weight excluding hydrogens is 490 g/mol. The van der Waals surface area contributed by atoms with E-state index in [1.807, 2.05) is 19.4 Å². The summed E-state index contributed by atoms with van der Waals surface area (Å²) in [5.41, 5.74) is 2.76. The molecule has 0 bridgehead atoms. The van der Waals surface area contributed by atoms with Gasteiger partial charge in [-0.2, -0.15) is 10.2 Å². The number of carbonyl (C=O) groups is 2. The molecule has 0 spiro atoms. The highest BCUT2D eigenvalue weighted by molar-refractivity contribution is 7.21. The fraction of sp³-hybridized carbons (Fsp3) is 0.348. The maximum atomic E-state index is 13.3. The number of carbonyl (C=O) groups excluding carboxylic acids is 2. The van der Waals surface area contributed by atoms with Crippen LogP contribution in [0.15, 0.2) is 37.1 Å². The highest BCUT2D eigenvalue weighted by Crippen LogP contribution is 2.31. The lowest BCUT2D eigenvalue weighted by Gasteiger charge is -2.31. The summed E-state index contributed by atoms with van der Waals surface area (Å²) in [6.45, 7) is 2.09. The minimum Gasteiger partial charge on any atom is -0.324 e. The van der Waals surface area contributed by atoms with E-state index in [-0.39, 0.29) is 44.3 Å². The van der Waals surface area contributed by atoms with Gasteiger partial charge in [0.05, 0.1) is 52.6 Å². The van der Waals surface area contributed by atoms with Crippen molar-refractivity contribution in [3.8, 4) is 10.4 Å². The molecule has 13 heteroatoms. The third-order valence-corrected chi connectivity index (χ3v) is 7.16. The van der Waals surface area contributed by atoms with Crippen molar-refractivity contribution in [2.75, 3.05) is 30.3 Å². The molecule has 0 radical (unpaired) electrons. The number of nitrogens with zero attached hydrogens (tertiary/aromatic N) is 6. The van der Waals surface area contributed by atoms with Crippen molar-refractivity contribution in [1.82, 2.24) is 29.3 Å². The topological polar surface area (TPSA) is 109 Å². The van der Waals surface area contributed by atoms with E-state index in [4.69, 9.17) is 0 Å². The van der Waals surface area contributed by atoms with E-state index >= 15 is 0 Å². The number of aryl methyl sites for hydroxylation is 2. The van der Waals surface area contributed by atoms with Crippen LogP contribution in [0.5, 0.6) is 0 Å². The molecular formula is C23H24F2N8O2S. The number of pyridine rings is 1. The molecule has 0 atom stereocenters. The van der Waals surface area contributed by atoms with E-state index in [1.165, 1.54) is 23.7 Å². The Balaban J connectivity index is 1.26. The fourth-order valence-corrected chi connectivity index (χ4v) is 5.02. The Bertz CT molecular complexity index is 1430. The zero-order valence-electron chi connectivity index (χ0n) is 19.7. The number of piperidine rings is 1. The summed E-state index contributed by atoms with van der Waals surface area (Å²) in [6.07, 6.45) is 7.98. The first-order valence-corrected chi connectivity index (χ1v) is 12.1. The predicted octanol–water partition coefficient (Wildman–Crippen LogP) is 3.42. The molecule has 0 aliphatic carbocycles.